The largest absolute Gasteiger partial charge is 0.343 e. The number of piperidine rings is 1. The molecule has 0 N–H and O–H groups in total. The Hall–Kier alpha value is -1.42. The van der Waals surface area contributed by atoms with Crippen molar-refractivity contribution in [3.8, 4) is 0 Å². The summed E-state index contributed by atoms with van der Waals surface area (Å²) in [4.78, 5) is 16.9. The Morgan fingerprint density at radius 1 is 1.40 bits per heavy atom. The van der Waals surface area contributed by atoms with Crippen LogP contribution in [0.15, 0.2) is 24.3 Å². The predicted molar refractivity (Wildman–Crippen MR) is 101 cm³/mol. The van der Waals surface area contributed by atoms with Gasteiger partial charge in [-0.15, -0.1) is 0 Å². The molecule has 0 spiro atoms. The minimum atomic E-state index is -0.156. The average Bonchev–Trinajstić information content (AvgIpc) is 2.57. The van der Waals surface area contributed by atoms with E-state index in [-0.39, 0.29) is 11.7 Å². The highest BCUT2D eigenvalue weighted by molar-refractivity contribution is 5.76. The zero-order valence-electron chi connectivity index (χ0n) is 16.0. The molecule has 0 aliphatic carbocycles. The van der Waals surface area contributed by atoms with Gasteiger partial charge in [-0.25, -0.2) is 4.39 Å². The molecule has 3 nitrogen and oxygen atoms in total. The second kappa shape index (κ2) is 9.91. The van der Waals surface area contributed by atoms with Gasteiger partial charge in [-0.3, -0.25) is 4.79 Å². The molecule has 0 radical (unpaired) electrons. The summed E-state index contributed by atoms with van der Waals surface area (Å²) >= 11 is 0. The highest BCUT2D eigenvalue weighted by Gasteiger charge is 2.23. The molecule has 1 saturated heterocycles. The molecule has 1 heterocycles. The normalized spacial score (nSPS) is 18.5. The molecule has 1 aromatic carbocycles. The van der Waals surface area contributed by atoms with Gasteiger partial charge in [0.2, 0.25) is 5.91 Å². The van der Waals surface area contributed by atoms with Crippen molar-refractivity contribution in [2.75, 3.05) is 32.7 Å². The van der Waals surface area contributed by atoms with Gasteiger partial charge < -0.3 is 9.80 Å². The molecule has 0 bridgehead atoms. The van der Waals surface area contributed by atoms with Crippen molar-refractivity contribution < 1.29 is 9.18 Å². The zero-order chi connectivity index (χ0) is 18.2. The van der Waals surface area contributed by atoms with Crippen LogP contribution < -0.4 is 0 Å². The quantitative estimate of drug-likeness (QED) is 0.709. The molecule has 140 valence electrons. The maximum atomic E-state index is 13.3. The van der Waals surface area contributed by atoms with E-state index < -0.39 is 0 Å². The molecular weight excluding hydrogens is 315 g/mol. The molecule has 0 saturated carbocycles. The van der Waals surface area contributed by atoms with Crippen molar-refractivity contribution >= 4 is 5.91 Å². The highest BCUT2D eigenvalue weighted by atomic mass is 19.1. The Morgan fingerprint density at radius 3 is 2.88 bits per heavy atom. The summed E-state index contributed by atoms with van der Waals surface area (Å²) in [5.41, 5.74) is 1.06. The van der Waals surface area contributed by atoms with Crippen LogP contribution in [-0.4, -0.2) is 48.4 Å². The van der Waals surface area contributed by atoms with Crippen LogP contribution in [0.25, 0.3) is 0 Å². The maximum absolute atomic E-state index is 13.3. The van der Waals surface area contributed by atoms with Gasteiger partial charge in [0, 0.05) is 32.6 Å². The lowest BCUT2D eigenvalue weighted by Gasteiger charge is -2.35. The Morgan fingerprint density at radius 2 is 2.20 bits per heavy atom. The smallest absolute Gasteiger partial charge is 0.222 e. The summed E-state index contributed by atoms with van der Waals surface area (Å²) < 4.78 is 13.3. The molecule has 1 aliphatic rings. The standard InChI is InChI=1S/C21H33FN2O/c1-4-24(21(25)13-17(2)3)16-19-8-6-11-23(15-19)12-10-18-7-5-9-20(22)14-18/h5,7,9,14,17,19H,4,6,8,10-13,15-16H2,1-3H3/t19-/m1/s1. The monoisotopic (exact) mass is 348 g/mol. The molecule has 4 heteroatoms. The SMILES string of the molecule is CCN(C[C@@H]1CCCN(CCc2cccc(F)c2)C1)C(=O)CC(C)C. The Bertz CT molecular complexity index is 546. The van der Waals surface area contributed by atoms with Crippen molar-refractivity contribution in [2.24, 2.45) is 11.8 Å². The first-order valence-corrected chi connectivity index (χ1v) is 9.72. The summed E-state index contributed by atoms with van der Waals surface area (Å²) in [6.45, 7) is 11.1. The van der Waals surface area contributed by atoms with Gasteiger partial charge in [0.1, 0.15) is 5.82 Å². The first-order chi connectivity index (χ1) is 12.0. The van der Waals surface area contributed by atoms with E-state index in [4.69, 9.17) is 0 Å². The summed E-state index contributed by atoms with van der Waals surface area (Å²) in [6.07, 6.45) is 3.91. The third kappa shape index (κ3) is 6.77. The fraction of sp³-hybridized carbons (Fsp3) is 0.667. The van der Waals surface area contributed by atoms with Crippen LogP contribution in [0.2, 0.25) is 0 Å². The van der Waals surface area contributed by atoms with Gasteiger partial charge in [-0.05, 0) is 62.3 Å². The van der Waals surface area contributed by atoms with E-state index in [0.717, 1.165) is 44.7 Å². The third-order valence-electron chi connectivity index (χ3n) is 5.00. The van der Waals surface area contributed by atoms with Crippen LogP contribution in [0.3, 0.4) is 0 Å². The molecule has 1 amide bonds. The van der Waals surface area contributed by atoms with Crippen molar-refractivity contribution in [3.05, 3.63) is 35.6 Å². The third-order valence-corrected chi connectivity index (χ3v) is 5.00. The predicted octanol–water partition coefficient (Wildman–Crippen LogP) is 3.97. The van der Waals surface area contributed by atoms with Crippen LogP contribution >= 0.6 is 0 Å². The van der Waals surface area contributed by atoms with Crippen molar-refractivity contribution in [1.29, 1.82) is 0 Å². The van der Waals surface area contributed by atoms with E-state index in [1.165, 1.54) is 18.9 Å². The average molecular weight is 349 g/mol. The number of hydrogen-bond donors (Lipinski definition) is 0. The van der Waals surface area contributed by atoms with Crippen LogP contribution in [0, 0.1) is 17.7 Å². The van der Waals surface area contributed by atoms with E-state index in [9.17, 15) is 9.18 Å². The molecule has 25 heavy (non-hydrogen) atoms. The van der Waals surface area contributed by atoms with Gasteiger partial charge >= 0.3 is 0 Å². The van der Waals surface area contributed by atoms with E-state index in [1.807, 2.05) is 11.0 Å². The molecule has 2 rings (SSSR count). The number of nitrogens with zero attached hydrogens (tertiary/aromatic N) is 2. The topological polar surface area (TPSA) is 23.6 Å². The second-order valence-electron chi connectivity index (χ2n) is 7.72. The molecule has 1 fully saturated rings. The second-order valence-corrected chi connectivity index (χ2v) is 7.72. The number of likely N-dealkylation sites (tertiary alicyclic amines) is 1. The molecule has 1 aliphatic heterocycles. The summed E-state index contributed by atoms with van der Waals surface area (Å²) in [5.74, 6) is 1.10. The minimum Gasteiger partial charge on any atom is -0.343 e. The fourth-order valence-corrected chi connectivity index (χ4v) is 3.68. The molecule has 1 aromatic rings. The van der Waals surface area contributed by atoms with Gasteiger partial charge in [0.15, 0.2) is 0 Å². The molecular formula is C21H33FN2O. The summed E-state index contributed by atoms with van der Waals surface area (Å²) in [7, 11) is 0. The summed E-state index contributed by atoms with van der Waals surface area (Å²) in [6, 6.07) is 6.90. The van der Waals surface area contributed by atoms with Crippen LogP contribution in [0.1, 0.15) is 45.6 Å². The van der Waals surface area contributed by atoms with E-state index in [0.29, 0.717) is 18.3 Å². The van der Waals surface area contributed by atoms with E-state index in [1.54, 1.807) is 12.1 Å². The molecule has 1 atom stereocenters. The van der Waals surface area contributed by atoms with Gasteiger partial charge in [0.05, 0.1) is 0 Å². The molecule has 0 aromatic heterocycles. The van der Waals surface area contributed by atoms with Crippen LogP contribution in [0.4, 0.5) is 4.39 Å². The van der Waals surface area contributed by atoms with Crippen molar-refractivity contribution in [3.63, 3.8) is 0 Å². The number of carbonyl (C=O) groups excluding carboxylic acids is 1. The lowest BCUT2D eigenvalue weighted by molar-refractivity contribution is -0.132. The number of halogens is 1. The van der Waals surface area contributed by atoms with Crippen LogP contribution in [-0.2, 0) is 11.2 Å². The number of carbonyl (C=O) groups is 1. The zero-order valence-corrected chi connectivity index (χ0v) is 16.0. The van der Waals surface area contributed by atoms with Gasteiger partial charge in [0.25, 0.3) is 0 Å². The van der Waals surface area contributed by atoms with Crippen LogP contribution in [0.5, 0.6) is 0 Å². The van der Waals surface area contributed by atoms with Gasteiger partial charge in [-0.1, -0.05) is 26.0 Å². The first-order valence-electron chi connectivity index (χ1n) is 9.72. The first kappa shape index (κ1) is 19.9. The Balaban J connectivity index is 1.82. The molecule has 0 unspecified atom stereocenters. The highest BCUT2D eigenvalue weighted by Crippen LogP contribution is 2.19. The maximum Gasteiger partial charge on any atom is 0.222 e. The number of benzene rings is 1. The minimum absolute atomic E-state index is 0.156. The number of rotatable bonds is 8. The Kier molecular flexibility index (Phi) is 7.89. The number of amides is 1. The van der Waals surface area contributed by atoms with E-state index in [2.05, 4.69) is 25.7 Å². The van der Waals surface area contributed by atoms with E-state index >= 15 is 0 Å². The number of hydrogen-bond acceptors (Lipinski definition) is 2. The fourth-order valence-electron chi connectivity index (χ4n) is 3.68. The van der Waals surface area contributed by atoms with Crippen molar-refractivity contribution in [2.45, 2.75) is 46.5 Å². The lowest BCUT2D eigenvalue weighted by atomic mass is 9.96. The Labute approximate surface area is 152 Å². The van der Waals surface area contributed by atoms with Gasteiger partial charge in [-0.2, -0.15) is 0 Å². The summed E-state index contributed by atoms with van der Waals surface area (Å²) in [5, 5.41) is 0. The lowest BCUT2D eigenvalue weighted by Crippen LogP contribution is -2.43. The van der Waals surface area contributed by atoms with Crippen molar-refractivity contribution in [1.82, 2.24) is 9.80 Å².